The van der Waals surface area contributed by atoms with Crippen LogP contribution in [0.15, 0.2) is 59.4 Å². The summed E-state index contributed by atoms with van der Waals surface area (Å²) in [6.07, 6.45) is 1.17. The number of piperidine rings is 1. The molecule has 0 radical (unpaired) electrons. The zero-order valence-corrected chi connectivity index (χ0v) is 19.7. The fraction of sp³-hybridized carbons (Fsp3) is 0.333. The predicted octanol–water partition coefficient (Wildman–Crippen LogP) is 2.58. The summed E-state index contributed by atoms with van der Waals surface area (Å²) in [6.45, 7) is 3.22. The number of fused-ring (bicyclic) bond motifs is 1. The fourth-order valence-corrected chi connectivity index (χ4v) is 5.90. The van der Waals surface area contributed by atoms with Gasteiger partial charge in [0.15, 0.2) is 11.2 Å². The number of sulfonamides is 1. The summed E-state index contributed by atoms with van der Waals surface area (Å²) in [4.78, 5) is 20.2. The number of aryl methyl sites for hydroxylation is 1. The van der Waals surface area contributed by atoms with Crippen molar-refractivity contribution in [1.29, 1.82) is 0 Å². The summed E-state index contributed by atoms with van der Waals surface area (Å²) in [5, 5.41) is 8.13. The first kappa shape index (κ1) is 22.4. The molecule has 0 atom stereocenters. The van der Waals surface area contributed by atoms with E-state index in [4.69, 9.17) is 4.98 Å². The highest BCUT2D eigenvalue weighted by atomic mass is 32.2. The molecule has 176 valence electrons. The molecule has 0 bridgehead atoms. The van der Waals surface area contributed by atoms with Crippen LogP contribution in [0, 0.1) is 6.92 Å². The molecule has 0 unspecified atom stereocenters. The lowest BCUT2D eigenvalue weighted by atomic mass is 9.97. The number of benzene rings is 2. The maximum atomic E-state index is 12.9. The van der Waals surface area contributed by atoms with Gasteiger partial charge >= 0.3 is 0 Å². The van der Waals surface area contributed by atoms with E-state index in [-0.39, 0.29) is 22.7 Å². The summed E-state index contributed by atoms with van der Waals surface area (Å²) in [5.41, 5.74) is 3.23. The predicted molar refractivity (Wildman–Crippen MR) is 129 cm³/mol. The van der Waals surface area contributed by atoms with Crippen LogP contribution in [0.2, 0.25) is 0 Å². The summed E-state index contributed by atoms with van der Waals surface area (Å²) < 4.78 is 29.0. The van der Waals surface area contributed by atoms with Gasteiger partial charge < -0.3 is 4.98 Å². The minimum absolute atomic E-state index is 0.0106. The number of H-pyrrole nitrogens is 1. The van der Waals surface area contributed by atoms with Crippen LogP contribution in [0.5, 0.6) is 0 Å². The zero-order chi connectivity index (χ0) is 23.7. The average Bonchev–Trinajstić information content (AvgIpc) is 3.24. The highest BCUT2D eigenvalue weighted by Gasteiger charge is 2.30. The van der Waals surface area contributed by atoms with E-state index < -0.39 is 10.0 Å². The lowest BCUT2D eigenvalue weighted by molar-refractivity contribution is 0.313. The second kappa shape index (κ2) is 9.11. The molecule has 1 N–H and O–H groups in total. The third-order valence-electron chi connectivity index (χ3n) is 6.27. The van der Waals surface area contributed by atoms with Gasteiger partial charge in [0.25, 0.3) is 5.56 Å². The number of hydrogen-bond acceptors (Lipinski definition) is 6. The van der Waals surface area contributed by atoms with E-state index in [2.05, 4.69) is 15.3 Å². The highest BCUT2D eigenvalue weighted by Crippen LogP contribution is 2.28. The number of nitrogens with one attached hydrogen (secondary N) is 1. The Morgan fingerprint density at radius 2 is 1.71 bits per heavy atom. The molecule has 3 heterocycles. The molecule has 9 nitrogen and oxygen atoms in total. The van der Waals surface area contributed by atoms with Crippen LogP contribution in [0.4, 0.5) is 0 Å². The first-order valence-electron chi connectivity index (χ1n) is 11.3. The SMILES string of the molecule is Cc1ccc(CS(=O)(=O)N2CCC(c3nc4c(nnn4Cc4ccccc4)c(=O)[nH]3)CC2)cc1. The number of nitrogens with zero attached hydrogens (tertiary/aromatic N) is 5. The lowest BCUT2D eigenvalue weighted by Gasteiger charge is -2.30. The van der Waals surface area contributed by atoms with E-state index >= 15 is 0 Å². The van der Waals surface area contributed by atoms with Gasteiger partial charge in [-0.2, -0.15) is 0 Å². The van der Waals surface area contributed by atoms with Crippen LogP contribution in [-0.4, -0.2) is 50.8 Å². The molecule has 5 rings (SSSR count). The fourth-order valence-electron chi connectivity index (χ4n) is 4.33. The topological polar surface area (TPSA) is 114 Å². The van der Waals surface area contributed by atoms with Crippen molar-refractivity contribution in [2.24, 2.45) is 0 Å². The van der Waals surface area contributed by atoms with Crippen LogP contribution in [-0.2, 0) is 22.3 Å². The highest BCUT2D eigenvalue weighted by molar-refractivity contribution is 7.88. The number of aromatic nitrogens is 5. The van der Waals surface area contributed by atoms with Gasteiger partial charge in [-0.15, -0.1) is 5.10 Å². The van der Waals surface area contributed by atoms with Crippen molar-refractivity contribution in [2.45, 2.75) is 38.0 Å². The Balaban J connectivity index is 1.32. The van der Waals surface area contributed by atoms with E-state index in [9.17, 15) is 13.2 Å². The minimum atomic E-state index is -3.41. The van der Waals surface area contributed by atoms with Crippen LogP contribution in [0.25, 0.3) is 11.2 Å². The summed E-state index contributed by atoms with van der Waals surface area (Å²) in [5.74, 6) is 0.510. The van der Waals surface area contributed by atoms with E-state index in [1.807, 2.05) is 61.5 Å². The molecule has 0 aliphatic carbocycles. The van der Waals surface area contributed by atoms with E-state index in [0.29, 0.717) is 43.9 Å². The van der Waals surface area contributed by atoms with Gasteiger partial charge in [0, 0.05) is 19.0 Å². The van der Waals surface area contributed by atoms with Crippen molar-refractivity contribution in [1.82, 2.24) is 29.3 Å². The van der Waals surface area contributed by atoms with Crippen LogP contribution in [0.3, 0.4) is 0 Å². The molecule has 2 aromatic heterocycles. The molecular weight excluding hydrogens is 452 g/mol. The molecule has 34 heavy (non-hydrogen) atoms. The van der Waals surface area contributed by atoms with E-state index in [1.54, 1.807) is 8.99 Å². The second-order valence-electron chi connectivity index (χ2n) is 8.77. The first-order chi connectivity index (χ1) is 16.4. The van der Waals surface area contributed by atoms with Gasteiger partial charge in [0.2, 0.25) is 10.0 Å². The molecule has 1 aliphatic rings. The third kappa shape index (κ3) is 4.64. The van der Waals surface area contributed by atoms with E-state index in [0.717, 1.165) is 16.7 Å². The van der Waals surface area contributed by atoms with Gasteiger partial charge in [-0.25, -0.2) is 22.4 Å². The minimum Gasteiger partial charge on any atom is -0.308 e. The molecular formula is C24H26N6O3S. The van der Waals surface area contributed by atoms with Gasteiger partial charge in [0.05, 0.1) is 12.3 Å². The normalized spacial score (nSPS) is 15.7. The van der Waals surface area contributed by atoms with Gasteiger partial charge in [0.1, 0.15) is 5.82 Å². The second-order valence-corrected chi connectivity index (χ2v) is 10.7. The van der Waals surface area contributed by atoms with Crippen LogP contribution < -0.4 is 5.56 Å². The van der Waals surface area contributed by atoms with Crippen molar-refractivity contribution in [3.05, 3.63) is 87.5 Å². The Labute approximate surface area is 197 Å². The summed E-state index contributed by atoms with van der Waals surface area (Å²) in [7, 11) is -3.41. The Morgan fingerprint density at radius 3 is 2.41 bits per heavy atom. The number of rotatable bonds is 6. The Kier molecular flexibility index (Phi) is 6.01. The Hall–Kier alpha value is -3.37. The Bertz CT molecular complexity index is 1450. The molecule has 10 heteroatoms. The smallest absolute Gasteiger partial charge is 0.281 e. The maximum absolute atomic E-state index is 12.9. The molecule has 1 aliphatic heterocycles. The molecule has 4 aromatic rings. The third-order valence-corrected chi connectivity index (χ3v) is 8.12. The van der Waals surface area contributed by atoms with Crippen molar-refractivity contribution in [3.8, 4) is 0 Å². The van der Waals surface area contributed by atoms with Crippen molar-refractivity contribution in [2.75, 3.05) is 13.1 Å². The van der Waals surface area contributed by atoms with Gasteiger partial charge in [-0.1, -0.05) is 65.4 Å². The standard InChI is InChI=1S/C24H26N6O3S/c1-17-7-9-19(10-8-17)16-34(32,33)29-13-11-20(12-14-29)22-25-23-21(24(31)26-22)27-28-30(23)15-18-5-3-2-4-6-18/h2-10,20H,11-16H2,1H3,(H,25,26,31). The van der Waals surface area contributed by atoms with Crippen molar-refractivity contribution >= 4 is 21.2 Å². The monoisotopic (exact) mass is 478 g/mol. The van der Waals surface area contributed by atoms with Crippen molar-refractivity contribution < 1.29 is 8.42 Å². The average molecular weight is 479 g/mol. The van der Waals surface area contributed by atoms with Crippen LogP contribution in [0.1, 0.15) is 41.3 Å². The molecule has 2 aromatic carbocycles. The maximum Gasteiger partial charge on any atom is 0.281 e. The van der Waals surface area contributed by atoms with Gasteiger partial charge in [-0.3, -0.25) is 4.79 Å². The largest absolute Gasteiger partial charge is 0.308 e. The lowest BCUT2D eigenvalue weighted by Crippen LogP contribution is -2.39. The van der Waals surface area contributed by atoms with Gasteiger partial charge in [-0.05, 0) is 30.9 Å². The van der Waals surface area contributed by atoms with E-state index in [1.165, 1.54) is 0 Å². The molecule has 0 saturated carbocycles. The zero-order valence-electron chi connectivity index (χ0n) is 18.9. The number of aromatic amines is 1. The Morgan fingerprint density at radius 1 is 1.00 bits per heavy atom. The van der Waals surface area contributed by atoms with Crippen molar-refractivity contribution in [3.63, 3.8) is 0 Å². The van der Waals surface area contributed by atoms with Crippen LogP contribution >= 0.6 is 0 Å². The summed E-state index contributed by atoms with van der Waals surface area (Å²) >= 11 is 0. The first-order valence-corrected chi connectivity index (χ1v) is 12.9. The molecule has 1 saturated heterocycles. The molecule has 0 spiro atoms. The quantitative estimate of drug-likeness (QED) is 0.456. The molecule has 1 fully saturated rings. The number of hydrogen-bond donors (Lipinski definition) is 1. The molecule has 0 amide bonds. The summed E-state index contributed by atoms with van der Waals surface area (Å²) in [6, 6.07) is 17.4.